The van der Waals surface area contributed by atoms with Gasteiger partial charge in [-0.2, -0.15) is 5.10 Å². The molecule has 40 heavy (non-hydrogen) atoms. The standard InChI is InChI=1S/C30H29N5O5/c1-18-26(30(37)34-23-12-8-9-13-25(23)40-4)27(21-16-20(38-2)14-15-24(21)39-3)35-28(32-18)22(17-31-35)29(36)33-19-10-6-5-7-11-19/h5-17,27,32H,1-4H3,(H,33,36)(H,34,37)/t27-/m1/s1. The van der Waals surface area contributed by atoms with Crippen molar-refractivity contribution in [2.24, 2.45) is 0 Å². The van der Waals surface area contributed by atoms with Crippen LogP contribution < -0.4 is 30.2 Å². The number of rotatable bonds is 8. The molecule has 0 saturated heterocycles. The van der Waals surface area contributed by atoms with E-state index in [0.29, 0.717) is 56.8 Å². The summed E-state index contributed by atoms with van der Waals surface area (Å²) in [6.45, 7) is 1.78. The number of anilines is 3. The molecule has 1 aliphatic heterocycles. The van der Waals surface area contributed by atoms with Gasteiger partial charge in [-0.1, -0.05) is 30.3 Å². The molecule has 0 spiro atoms. The summed E-state index contributed by atoms with van der Waals surface area (Å²) in [6.07, 6.45) is 1.48. The predicted molar refractivity (Wildman–Crippen MR) is 152 cm³/mol. The second-order valence-electron chi connectivity index (χ2n) is 9.00. The lowest BCUT2D eigenvalue weighted by Gasteiger charge is -2.31. The van der Waals surface area contributed by atoms with Crippen molar-refractivity contribution in [1.29, 1.82) is 0 Å². The van der Waals surface area contributed by atoms with Crippen molar-refractivity contribution in [1.82, 2.24) is 9.78 Å². The van der Waals surface area contributed by atoms with Crippen molar-refractivity contribution in [2.75, 3.05) is 37.3 Å². The molecule has 10 nitrogen and oxygen atoms in total. The molecule has 1 atom stereocenters. The molecule has 3 N–H and O–H groups in total. The number of carbonyl (C=O) groups excluding carboxylic acids is 2. The van der Waals surface area contributed by atoms with Crippen LogP contribution in [0.15, 0.2) is 90.3 Å². The van der Waals surface area contributed by atoms with Gasteiger partial charge in [-0.3, -0.25) is 9.59 Å². The summed E-state index contributed by atoms with van der Waals surface area (Å²) in [5, 5.41) is 13.7. The van der Waals surface area contributed by atoms with Gasteiger partial charge >= 0.3 is 0 Å². The average Bonchev–Trinajstić information content (AvgIpc) is 3.40. The number of carbonyl (C=O) groups is 2. The summed E-state index contributed by atoms with van der Waals surface area (Å²) in [7, 11) is 4.66. The molecule has 0 bridgehead atoms. The highest BCUT2D eigenvalue weighted by molar-refractivity contribution is 6.10. The van der Waals surface area contributed by atoms with Gasteiger partial charge < -0.3 is 30.2 Å². The summed E-state index contributed by atoms with van der Waals surface area (Å²) in [6, 6.07) is 20.9. The van der Waals surface area contributed by atoms with E-state index >= 15 is 0 Å². The minimum Gasteiger partial charge on any atom is -0.497 e. The van der Waals surface area contributed by atoms with Crippen molar-refractivity contribution >= 4 is 29.0 Å². The number of aromatic nitrogens is 2. The van der Waals surface area contributed by atoms with Crippen LogP contribution in [0.1, 0.15) is 28.9 Å². The van der Waals surface area contributed by atoms with Gasteiger partial charge in [-0.05, 0) is 49.4 Å². The van der Waals surface area contributed by atoms with Gasteiger partial charge in [0, 0.05) is 16.9 Å². The van der Waals surface area contributed by atoms with Crippen LogP contribution in [-0.4, -0.2) is 42.9 Å². The maximum atomic E-state index is 13.9. The van der Waals surface area contributed by atoms with Crippen LogP contribution in [0.4, 0.5) is 17.2 Å². The molecule has 10 heteroatoms. The van der Waals surface area contributed by atoms with Gasteiger partial charge in [-0.15, -0.1) is 0 Å². The molecule has 0 unspecified atom stereocenters. The third-order valence-corrected chi connectivity index (χ3v) is 6.63. The molecule has 0 saturated carbocycles. The van der Waals surface area contributed by atoms with E-state index in [1.54, 1.807) is 75.4 Å². The van der Waals surface area contributed by atoms with Gasteiger partial charge in [0.25, 0.3) is 11.8 Å². The highest BCUT2D eigenvalue weighted by atomic mass is 16.5. The van der Waals surface area contributed by atoms with Crippen molar-refractivity contribution in [3.05, 3.63) is 101 Å². The van der Waals surface area contributed by atoms with Gasteiger partial charge in [0.05, 0.1) is 38.8 Å². The first-order chi connectivity index (χ1) is 19.4. The Kier molecular flexibility index (Phi) is 7.41. The van der Waals surface area contributed by atoms with E-state index in [9.17, 15) is 9.59 Å². The third-order valence-electron chi connectivity index (χ3n) is 6.63. The number of para-hydroxylation sites is 3. The molecule has 0 fully saturated rings. The minimum absolute atomic E-state index is 0.319. The smallest absolute Gasteiger partial charge is 0.261 e. The number of benzene rings is 3. The van der Waals surface area contributed by atoms with Crippen LogP contribution in [0.3, 0.4) is 0 Å². The Morgan fingerprint density at radius 1 is 0.850 bits per heavy atom. The van der Waals surface area contributed by atoms with Crippen LogP contribution >= 0.6 is 0 Å². The maximum Gasteiger partial charge on any atom is 0.261 e. The number of hydrogen-bond donors (Lipinski definition) is 3. The van der Waals surface area contributed by atoms with E-state index in [0.717, 1.165) is 0 Å². The Hall–Kier alpha value is -5.25. The molecule has 1 aromatic heterocycles. The zero-order chi connectivity index (χ0) is 28.2. The lowest BCUT2D eigenvalue weighted by Crippen LogP contribution is -2.32. The quantitative estimate of drug-likeness (QED) is 0.286. The molecule has 204 valence electrons. The largest absolute Gasteiger partial charge is 0.497 e. The average molecular weight is 540 g/mol. The van der Waals surface area contributed by atoms with E-state index in [2.05, 4.69) is 21.0 Å². The van der Waals surface area contributed by atoms with Crippen molar-refractivity contribution < 1.29 is 23.8 Å². The number of nitrogens with zero attached hydrogens (tertiary/aromatic N) is 2. The van der Waals surface area contributed by atoms with E-state index < -0.39 is 6.04 Å². The van der Waals surface area contributed by atoms with E-state index in [1.165, 1.54) is 6.20 Å². The lowest BCUT2D eigenvalue weighted by atomic mass is 9.93. The molecular weight excluding hydrogens is 510 g/mol. The van der Waals surface area contributed by atoms with Gasteiger partial charge in [0.1, 0.15) is 34.7 Å². The number of fused-ring (bicyclic) bond motifs is 1. The van der Waals surface area contributed by atoms with Gasteiger partial charge in [0.2, 0.25) is 0 Å². The van der Waals surface area contributed by atoms with Gasteiger partial charge in [0.15, 0.2) is 0 Å². The van der Waals surface area contributed by atoms with Crippen LogP contribution in [0.25, 0.3) is 0 Å². The molecule has 2 heterocycles. The summed E-state index contributed by atoms with van der Waals surface area (Å²) < 4.78 is 18.2. The predicted octanol–water partition coefficient (Wildman–Crippen LogP) is 5.09. The fourth-order valence-electron chi connectivity index (χ4n) is 4.71. The van der Waals surface area contributed by atoms with Crippen LogP contribution in [0, 0.1) is 0 Å². The number of ether oxygens (including phenoxy) is 3. The first-order valence-corrected chi connectivity index (χ1v) is 12.5. The SMILES string of the molecule is COc1ccc(OC)c([C@@H]2C(C(=O)Nc3ccccc3OC)=C(C)Nc3c(C(=O)Nc4ccccc4)cnn32)c1. The van der Waals surface area contributed by atoms with Crippen LogP contribution in [0.2, 0.25) is 0 Å². The summed E-state index contributed by atoms with van der Waals surface area (Å²) in [5.74, 6) is 1.35. The summed E-state index contributed by atoms with van der Waals surface area (Å²) in [4.78, 5) is 27.2. The normalized spacial score (nSPS) is 14.1. The highest BCUT2D eigenvalue weighted by Crippen LogP contribution is 2.42. The van der Waals surface area contributed by atoms with Gasteiger partial charge in [-0.25, -0.2) is 4.68 Å². The Balaban J connectivity index is 1.62. The molecule has 0 aliphatic carbocycles. The number of allylic oxidation sites excluding steroid dienone is 1. The molecule has 4 aromatic rings. The fourth-order valence-corrected chi connectivity index (χ4v) is 4.71. The number of amides is 2. The summed E-state index contributed by atoms with van der Waals surface area (Å²) in [5.41, 5.74) is 3.04. The number of methoxy groups -OCH3 is 3. The van der Waals surface area contributed by atoms with E-state index in [1.807, 2.05) is 30.3 Å². The molecule has 1 aliphatic rings. The Bertz CT molecular complexity index is 1600. The monoisotopic (exact) mass is 539 g/mol. The maximum absolute atomic E-state index is 13.9. The first kappa shape index (κ1) is 26.4. The van der Waals surface area contributed by atoms with Crippen molar-refractivity contribution in [3.8, 4) is 17.2 Å². The molecular formula is C30H29N5O5. The highest BCUT2D eigenvalue weighted by Gasteiger charge is 2.37. The summed E-state index contributed by atoms with van der Waals surface area (Å²) >= 11 is 0. The second kappa shape index (κ2) is 11.2. The van der Waals surface area contributed by atoms with E-state index in [-0.39, 0.29) is 11.8 Å². The molecule has 0 radical (unpaired) electrons. The van der Waals surface area contributed by atoms with Crippen LogP contribution in [-0.2, 0) is 4.79 Å². The third kappa shape index (κ3) is 4.94. The van der Waals surface area contributed by atoms with E-state index in [4.69, 9.17) is 14.2 Å². The van der Waals surface area contributed by atoms with Crippen molar-refractivity contribution in [3.63, 3.8) is 0 Å². The number of hydrogen-bond acceptors (Lipinski definition) is 7. The first-order valence-electron chi connectivity index (χ1n) is 12.5. The molecule has 3 aromatic carbocycles. The topological polar surface area (TPSA) is 116 Å². The second-order valence-corrected chi connectivity index (χ2v) is 9.00. The minimum atomic E-state index is -0.755. The van der Waals surface area contributed by atoms with Crippen LogP contribution in [0.5, 0.6) is 17.2 Å². The Morgan fingerprint density at radius 2 is 1.57 bits per heavy atom. The fraction of sp³-hybridized carbons (Fsp3) is 0.167. The Morgan fingerprint density at radius 3 is 2.30 bits per heavy atom. The Labute approximate surface area is 231 Å². The lowest BCUT2D eigenvalue weighted by molar-refractivity contribution is -0.113. The van der Waals surface area contributed by atoms with Crippen molar-refractivity contribution in [2.45, 2.75) is 13.0 Å². The molecule has 5 rings (SSSR count). The zero-order valence-electron chi connectivity index (χ0n) is 22.5. The number of nitrogens with one attached hydrogen (secondary N) is 3. The zero-order valence-corrected chi connectivity index (χ0v) is 22.5. The molecule has 2 amide bonds.